The number of aryl methyl sites for hydroxylation is 1. The monoisotopic (exact) mass is 279 g/mol. The molecule has 0 aliphatic heterocycles. The molecule has 1 atom stereocenters. The quantitative estimate of drug-likeness (QED) is 0.877. The van der Waals surface area contributed by atoms with Crippen LogP contribution in [0.4, 0.5) is 0 Å². The molecule has 1 unspecified atom stereocenters. The second-order valence-corrected chi connectivity index (χ2v) is 5.22. The normalized spacial score (nSPS) is 12.4. The van der Waals surface area contributed by atoms with Crippen LogP contribution < -0.4 is 5.73 Å². The first-order valence-corrected chi connectivity index (χ1v) is 6.58. The summed E-state index contributed by atoms with van der Waals surface area (Å²) in [4.78, 5) is 0. The second kappa shape index (κ2) is 5.75. The molecule has 2 rings (SSSR count). The molecule has 0 fully saturated rings. The van der Waals surface area contributed by atoms with Crippen molar-refractivity contribution in [3.63, 3.8) is 0 Å². The van der Waals surface area contributed by atoms with Crippen molar-refractivity contribution in [2.45, 2.75) is 19.4 Å². The van der Waals surface area contributed by atoms with Crippen LogP contribution in [0.5, 0.6) is 0 Å². The van der Waals surface area contributed by atoms with Crippen LogP contribution in [0.25, 0.3) is 0 Å². The third-order valence-electron chi connectivity index (χ3n) is 2.98. The molecule has 2 aromatic carbocycles. The molecule has 18 heavy (non-hydrogen) atoms. The largest absolute Gasteiger partial charge is 0.324 e. The third kappa shape index (κ3) is 3.05. The minimum atomic E-state index is -0.0680. The van der Waals surface area contributed by atoms with Crippen LogP contribution in [-0.2, 0) is 6.42 Å². The van der Waals surface area contributed by atoms with Gasteiger partial charge in [-0.1, -0.05) is 65.2 Å². The molecule has 0 aliphatic rings. The molecular weight excluding hydrogens is 265 g/mol. The van der Waals surface area contributed by atoms with Gasteiger partial charge in [0.1, 0.15) is 0 Å². The molecule has 0 amide bonds. The summed E-state index contributed by atoms with van der Waals surface area (Å²) >= 11 is 12.2. The van der Waals surface area contributed by atoms with Gasteiger partial charge in [0.05, 0.1) is 10.0 Å². The van der Waals surface area contributed by atoms with Crippen molar-refractivity contribution in [3.8, 4) is 0 Å². The maximum absolute atomic E-state index is 6.19. The van der Waals surface area contributed by atoms with Crippen molar-refractivity contribution >= 4 is 23.2 Å². The molecule has 0 spiro atoms. The van der Waals surface area contributed by atoms with Gasteiger partial charge in [-0.3, -0.25) is 0 Å². The van der Waals surface area contributed by atoms with Gasteiger partial charge in [0.2, 0.25) is 0 Å². The highest BCUT2D eigenvalue weighted by atomic mass is 35.5. The fraction of sp³-hybridized carbons (Fsp3) is 0.200. The van der Waals surface area contributed by atoms with Gasteiger partial charge in [-0.15, -0.1) is 0 Å². The first-order valence-electron chi connectivity index (χ1n) is 5.83. The van der Waals surface area contributed by atoms with Gasteiger partial charge in [0, 0.05) is 6.04 Å². The van der Waals surface area contributed by atoms with E-state index in [9.17, 15) is 0 Å². The lowest BCUT2D eigenvalue weighted by Gasteiger charge is -2.14. The third-order valence-corrected chi connectivity index (χ3v) is 3.83. The van der Waals surface area contributed by atoms with E-state index >= 15 is 0 Å². The van der Waals surface area contributed by atoms with Crippen molar-refractivity contribution < 1.29 is 0 Å². The standard InChI is InChI=1S/C15H15Cl2N/c1-10-5-7-11(8-6-10)14(18)9-12-3-2-4-13(16)15(12)17/h2-8,14H,9,18H2,1H3. The Hall–Kier alpha value is -1.02. The molecule has 0 aromatic heterocycles. The molecule has 0 saturated heterocycles. The number of rotatable bonds is 3. The van der Waals surface area contributed by atoms with Crippen LogP contribution in [0.1, 0.15) is 22.7 Å². The van der Waals surface area contributed by atoms with Crippen LogP contribution in [0, 0.1) is 6.92 Å². The van der Waals surface area contributed by atoms with Crippen LogP contribution in [-0.4, -0.2) is 0 Å². The maximum atomic E-state index is 6.19. The van der Waals surface area contributed by atoms with E-state index in [1.807, 2.05) is 12.1 Å². The highest BCUT2D eigenvalue weighted by Crippen LogP contribution is 2.28. The first kappa shape index (κ1) is 13.4. The Kier molecular flexibility index (Phi) is 4.28. The summed E-state index contributed by atoms with van der Waals surface area (Å²) in [6, 6.07) is 13.8. The van der Waals surface area contributed by atoms with Crippen LogP contribution >= 0.6 is 23.2 Å². The molecule has 0 aliphatic carbocycles. The lowest BCUT2D eigenvalue weighted by Crippen LogP contribution is -2.13. The average Bonchev–Trinajstić information content (AvgIpc) is 2.36. The van der Waals surface area contributed by atoms with Crippen LogP contribution in [0.15, 0.2) is 42.5 Å². The Bertz CT molecular complexity index is 535. The predicted octanol–water partition coefficient (Wildman–Crippen LogP) is 4.54. The molecule has 3 heteroatoms. The minimum absolute atomic E-state index is 0.0680. The first-order chi connectivity index (χ1) is 8.58. The summed E-state index contributed by atoms with van der Waals surface area (Å²) in [7, 11) is 0. The topological polar surface area (TPSA) is 26.0 Å². The Balaban J connectivity index is 2.18. The lowest BCUT2D eigenvalue weighted by atomic mass is 9.99. The summed E-state index contributed by atoms with van der Waals surface area (Å²) in [6.45, 7) is 2.06. The number of halogens is 2. The van der Waals surface area contributed by atoms with Gasteiger partial charge < -0.3 is 5.73 Å². The Morgan fingerprint density at radius 1 is 1.06 bits per heavy atom. The zero-order chi connectivity index (χ0) is 13.1. The van der Waals surface area contributed by atoms with E-state index in [1.54, 1.807) is 6.07 Å². The van der Waals surface area contributed by atoms with E-state index in [-0.39, 0.29) is 6.04 Å². The van der Waals surface area contributed by atoms with Gasteiger partial charge in [-0.05, 0) is 30.5 Å². The summed E-state index contributed by atoms with van der Waals surface area (Å²) in [5.41, 5.74) is 9.51. The summed E-state index contributed by atoms with van der Waals surface area (Å²) in [6.07, 6.45) is 0.683. The Labute approximate surface area is 118 Å². The molecule has 0 saturated carbocycles. The van der Waals surface area contributed by atoms with Gasteiger partial charge in [-0.25, -0.2) is 0 Å². The lowest BCUT2D eigenvalue weighted by molar-refractivity contribution is 0.722. The number of hydrogen-bond acceptors (Lipinski definition) is 1. The molecular formula is C15H15Cl2N. The van der Waals surface area contributed by atoms with Gasteiger partial charge in [0.25, 0.3) is 0 Å². The number of nitrogens with two attached hydrogens (primary N) is 1. The molecule has 2 N–H and O–H groups in total. The predicted molar refractivity (Wildman–Crippen MR) is 78.3 cm³/mol. The van der Waals surface area contributed by atoms with E-state index in [0.29, 0.717) is 16.5 Å². The average molecular weight is 280 g/mol. The molecule has 2 aromatic rings. The Morgan fingerprint density at radius 3 is 2.39 bits per heavy atom. The van der Waals surface area contributed by atoms with Gasteiger partial charge in [0.15, 0.2) is 0 Å². The SMILES string of the molecule is Cc1ccc(C(N)Cc2cccc(Cl)c2Cl)cc1. The van der Waals surface area contributed by atoms with Gasteiger partial charge >= 0.3 is 0 Å². The summed E-state index contributed by atoms with van der Waals surface area (Å²) in [5, 5.41) is 1.17. The fourth-order valence-electron chi connectivity index (χ4n) is 1.87. The smallest absolute Gasteiger partial charge is 0.0624 e. The summed E-state index contributed by atoms with van der Waals surface area (Å²) in [5.74, 6) is 0. The van der Waals surface area contributed by atoms with Crippen LogP contribution in [0.3, 0.4) is 0 Å². The Morgan fingerprint density at radius 2 is 1.72 bits per heavy atom. The van der Waals surface area contributed by atoms with Crippen molar-refractivity contribution in [2.24, 2.45) is 5.73 Å². The van der Waals surface area contributed by atoms with Crippen molar-refractivity contribution in [1.29, 1.82) is 0 Å². The second-order valence-electron chi connectivity index (χ2n) is 4.43. The van der Waals surface area contributed by atoms with E-state index in [4.69, 9.17) is 28.9 Å². The van der Waals surface area contributed by atoms with E-state index in [1.165, 1.54) is 5.56 Å². The van der Waals surface area contributed by atoms with Crippen molar-refractivity contribution in [1.82, 2.24) is 0 Å². The van der Waals surface area contributed by atoms with E-state index in [2.05, 4.69) is 31.2 Å². The molecule has 0 radical (unpaired) electrons. The van der Waals surface area contributed by atoms with Crippen molar-refractivity contribution in [3.05, 3.63) is 69.2 Å². The number of hydrogen-bond donors (Lipinski definition) is 1. The van der Waals surface area contributed by atoms with E-state index < -0.39 is 0 Å². The van der Waals surface area contributed by atoms with Crippen molar-refractivity contribution in [2.75, 3.05) is 0 Å². The molecule has 0 heterocycles. The zero-order valence-corrected chi connectivity index (χ0v) is 11.7. The maximum Gasteiger partial charge on any atom is 0.0624 e. The summed E-state index contributed by atoms with van der Waals surface area (Å²) < 4.78 is 0. The highest BCUT2D eigenvalue weighted by Gasteiger charge is 2.11. The van der Waals surface area contributed by atoms with Gasteiger partial charge in [-0.2, -0.15) is 0 Å². The van der Waals surface area contributed by atoms with E-state index in [0.717, 1.165) is 11.1 Å². The van der Waals surface area contributed by atoms with Crippen LogP contribution in [0.2, 0.25) is 10.0 Å². The molecule has 1 nitrogen and oxygen atoms in total. The zero-order valence-electron chi connectivity index (χ0n) is 10.2. The fourth-order valence-corrected chi connectivity index (χ4v) is 2.27. The highest BCUT2D eigenvalue weighted by molar-refractivity contribution is 6.42. The molecule has 0 bridgehead atoms. The minimum Gasteiger partial charge on any atom is -0.324 e. The molecule has 94 valence electrons. The number of benzene rings is 2.